The second kappa shape index (κ2) is 6.55. The van der Waals surface area contributed by atoms with Crippen LogP contribution in [-0.4, -0.2) is 56.5 Å². The molecule has 1 atom stereocenters. The average Bonchev–Trinajstić information content (AvgIpc) is 2.29. The number of nitrogens with two attached hydrogens (primary N) is 1. The highest BCUT2D eigenvalue weighted by molar-refractivity contribution is 4.80. The Balaban J connectivity index is 2.19. The lowest BCUT2D eigenvalue weighted by Crippen LogP contribution is -2.46. The van der Waals surface area contributed by atoms with E-state index in [1.54, 1.807) is 0 Å². The normalized spacial score (nSPS) is 23.6. The van der Waals surface area contributed by atoms with Gasteiger partial charge in [0.25, 0.3) is 0 Å². The molecule has 0 radical (unpaired) electrons. The lowest BCUT2D eigenvalue weighted by atomic mass is 9.96. The van der Waals surface area contributed by atoms with E-state index in [9.17, 15) is 0 Å². The Labute approximate surface area is 99.1 Å². The molecule has 0 bridgehead atoms. The Morgan fingerprint density at radius 1 is 1.44 bits per heavy atom. The summed E-state index contributed by atoms with van der Waals surface area (Å²) < 4.78 is 11.3. The largest absolute Gasteiger partial charge is 0.377 e. The van der Waals surface area contributed by atoms with Crippen molar-refractivity contribution in [1.82, 2.24) is 4.90 Å². The van der Waals surface area contributed by atoms with Crippen LogP contribution in [0.4, 0.5) is 0 Å². The monoisotopic (exact) mass is 230 g/mol. The molecular weight excluding hydrogens is 204 g/mol. The van der Waals surface area contributed by atoms with E-state index in [4.69, 9.17) is 15.2 Å². The van der Waals surface area contributed by atoms with Gasteiger partial charge in [0.05, 0.1) is 25.9 Å². The van der Waals surface area contributed by atoms with Crippen molar-refractivity contribution >= 4 is 0 Å². The summed E-state index contributed by atoms with van der Waals surface area (Å²) in [5.41, 5.74) is 6.00. The Morgan fingerprint density at radius 2 is 2.12 bits per heavy atom. The molecule has 0 spiro atoms. The van der Waals surface area contributed by atoms with E-state index < -0.39 is 0 Å². The van der Waals surface area contributed by atoms with Gasteiger partial charge in [-0.1, -0.05) is 13.8 Å². The fourth-order valence-electron chi connectivity index (χ4n) is 1.82. The van der Waals surface area contributed by atoms with Gasteiger partial charge in [-0.25, -0.2) is 0 Å². The van der Waals surface area contributed by atoms with Gasteiger partial charge < -0.3 is 20.1 Å². The van der Waals surface area contributed by atoms with Gasteiger partial charge >= 0.3 is 0 Å². The third kappa shape index (κ3) is 4.37. The number of likely N-dealkylation sites (N-methyl/N-ethyl adjacent to an activating group) is 1. The predicted octanol–water partition coefficient (Wildman–Crippen LogP) is 0.851. The van der Waals surface area contributed by atoms with E-state index in [-0.39, 0.29) is 11.6 Å². The van der Waals surface area contributed by atoms with E-state index >= 15 is 0 Å². The minimum Gasteiger partial charge on any atom is -0.377 e. The van der Waals surface area contributed by atoms with Gasteiger partial charge in [0, 0.05) is 18.6 Å². The molecule has 1 aliphatic rings. The number of morpholine rings is 1. The number of hydrogen-bond acceptors (Lipinski definition) is 4. The molecule has 1 saturated heterocycles. The first-order valence-corrected chi connectivity index (χ1v) is 6.26. The highest BCUT2D eigenvalue weighted by atomic mass is 16.5. The Morgan fingerprint density at radius 3 is 2.69 bits per heavy atom. The lowest BCUT2D eigenvalue weighted by Gasteiger charge is -2.31. The van der Waals surface area contributed by atoms with Gasteiger partial charge in [-0.15, -0.1) is 0 Å². The van der Waals surface area contributed by atoms with Crippen LogP contribution < -0.4 is 5.73 Å². The molecule has 1 unspecified atom stereocenters. The van der Waals surface area contributed by atoms with Crippen LogP contribution in [0, 0.1) is 0 Å². The first kappa shape index (κ1) is 13.9. The van der Waals surface area contributed by atoms with Gasteiger partial charge in [0.2, 0.25) is 0 Å². The van der Waals surface area contributed by atoms with E-state index in [0.717, 1.165) is 32.5 Å². The second-order valence-electron chi connectivity index (χ2n) is 4.84. The molecule has 0 aromatic carbocycles. The first-order valence-electron chi connectivity index (χ1n) is 6.26. The van der Waals surface area contributed by atoms with Crippen molar-refractivity contribution in [1.29, 1.82) is 0 Å². The van der Waals surface area contributed by atoms with Crippen molar-refractivity contribution in [3.8, 4) is 0 Å². The number of nitrogens with zero attached hydrogens (tertiary/aromatic N) is 1. The van der Waals surface area contributed by atoms with Crippen LogP contribution in [0.25, 0.3) is 0 Å². The van der Waals surface area contributed by atoms with Crippen LogP contribution in [0.3, 0.4) is 0 Å². The summed E-state index contributed by atoms with van der Waals surface area (Å²) in [6.07, 6.45) is 2.11. The minimum absolute atomic E-state index is 0.166. The third-order valence-electron chi connectivity index (χ3n) is 3.44. The summed E-state index contributed by atoms with van der Waals surface area (Å²) >= 11 is 0. The molecule has 16 heavy (non-hydrogen) atoms. The summed E-state index contributed by atoms with van der Waals surface area (Å²) in [5.74, 6) is 0. The molecule has 4 nitrogen and oxygen atoms in total. The quantitative estimate of drug-likeness (QED) is 0.735. The summed E-state index contributed by atoms with van der Waals surface area (Å²) in [6, 6.07) is 0. The molecule has 1 fully saturated rings. The first-order chi connectivity index (χ1) is 7.59. The fourth-order valence-corrected chi connectivity index (χ4v) is 1.82. The zero-order valence-corrected chi connectivity index (χ0v) is 10.9. The maximum absolute atomic E-state index is 6.16. The minimum atomic E-state index is -0.166. The van der Waals surface area contributed by atoms with Crippen LogP contribution in [0.2, 0.25) is 0 Å². The molecular formula is C12H26N2O2. The topological polar surface area (TPSA) is 47.7 Å². The van der Waals surface area contributed by atoms with Gasteiger partial charge in [-0.3, -0.25) is 0 Å². The number of hydrogen-bond donors (Lipinski definition) is 1. The van der Waals surface area contributed by atoms with Crippen LogP contribution in [0.15, 0.2) is 0 Å². The fraction of sp³-hybridized carbons (Fsp3) is 1.00. The maximum atomic E-state index is 6.16. The SMILES string of the molecule is CCC(N)(CC)COCC1CN(C)CCO1. The van der Waals surface area contributed by atoms with Crippen LogP contribution in [0.1, 0.15) is 26.7 Å². The molecule has 1 heterocycles. The second-order valence-corrected chi connectivity index (χ2v) is 4.84. The summed E-state index contributed by atoms with van der Waals surface area (Å²) in [6.45, 7) is 8.28. The molecule has 0 aromatic heterocycles. The van der Waals surface area contributed by atoms with Crippen LogP contribution in [-0.2, 0) is 9.47 Å². The van der Waals surface area contributed by atoms with E-state index in [1.807, 2.05) is 0 Å². The van der Waals surface area contributed by atoms with Crippen molar-refractivity contribution in [3.05, 3.63) is 0 Å². The van der Waals surface area contributed by atoms with Crippen molar-refractivity contribution in [2.45, 2.75) is 38.3 Å². The van der Waals surface area contributed by atoms with Crippen molar-refractivity contribution in [2.75, 3.05) is 40.0 Å². The standard InChI is InChI=1S/C12H26N2O2/c1-4-12(13,5-2)10-15-9-11-8-14(3)6-7-16-11/h11H,4-10,13H2,1-3H3. The molecule has 2 N–H and O–H groups in total. The number of ether oxygens (including phenoxy) is 2. The third-order valence-corrected chi connectivity index (χ3v) is 3.44. The molecule has 1 aliphatic heterocycles. The maximum Gasteiger partial charge on any atom is 0.0935 e. The zero-order chi connectivity index (χ0) is 12.0. The Kier molecular flexibility index (Phi) is 5.69. The summed E-state index contributed by atoms with van der Waals surface area (Å²) in [7, 11) is 2.11. The van der Waals surface area contributed by atoms with Gasteiger partial charge in [0.1, 0.15) is 0 Å². The Hall–Kier alpha value is -0.160. The van der Waals surface area contributed by atoms with E-state index in [2.05, 4.69) is 25.8 Å². The molecule has 4 heteroatoms. The van der Waals surface area contributed by atoms with Crippen molar-refractivity contribution in [3.63, 3.8) is 0 Å². The van der Waals surface area contributed by atoms with Crippen molar-refractivity contribution < 1.29 is 9.47 Å². The molecule has 96 valence electrons. The van der Waals surface area contributed by atoms with Gasteiger partial charge in [-0.2, -0.15) is 0 Å². The van der Waals surface area contributed by atoms with E-state index in [1.165, 1.54) is 0 Å². The highest BCUT2D eigenvalue weighted by Gasteiger charge is 2.22. The average molecular weight is 230 g/mol. The highest BCUT2D eigenvalue weighted by Crippen LogP contribution is 2.12. The zero-order valence-electron chi connectivity index (χ0n) is 10.9. The smallest absolute Gasteiger partial charge is 0.0935 e. The van der Waals surface area contributed by atoms with Gasteiger partial charge in [0.15, 0.2) is 0 Å². The van der Waals surface area contributed by atoms with Crippen molar-refractivity contribution in [2.24, 2.45) is 5.73 Å². The summed E-state index contributed by atoms with van der Waals surface area (Å²) in [4.78, 5) is 2.27. The number of rotatable bonds is 6. The lowest BCUT2D eigenvalue weighted by molar-refractivity contribution is -0.0698. The Bertz CT molecular complexity index is 195. The molecule has 0 amide bonds. The molecule has 0 aromatic rings. The van der Waals surface area contributed by atoms with Crippen LogP contribution in [0.5, 0.6) is 0 Å². The summed E-state index contributed by atoms with van der Waals surface area (Å²) in [5, 5.41) is 0. The molecule has 0 aliphatic carbocycles. The van der Waals surface area contributed by atoms with E-state index in [0.29, 0.717) is 13.2 Å². The molecule has 1 rings (SSSR count). The van der Waals surface area contributed by atoms with Crippen LogP contribution >= 0.6 is 0 Å². The predicted molar refractivity (Wildman–Crippen MR) is 65.6 cm³/mol. The molecule has 0 saturated carbocycles. The van der Waals surface area contributed by atoms with Gasteiger partial charge in [-0.05, 0) is 19.9 Å².